The summed E-state index contributed by atoms with van der Waals surface area (Å²) < 4.78 is 39.3. The number of nitrogens with one attached hydrogen (secondary N) is 1. The lowest BCUT2D eigenvalue weighted by Crippen LogP contribution is -2.42. The van der Waals surface area contributed by atoms with E-state index in [1.165, 1.54) is 17.7 Å². The van der Waals surface area contributed by atoms with Crippen LogP contribution in [0.25, 0.3) is 0 Å². The van der Waals surface area contributed by atoms with Crippen molar-refractivity contribution < 1.29 is 33.0 Å². The number of hydrogen-bond acceptors (Lipinski definition) is 6. The molecule has 0 bridgehead atoms. The first kappa shape index (κ1) is 23.6. The van der Waals surface area contributed by atoms with Crippen molar-refractivity contribution in [2.75, 3.05) is 20.8 Å². The Labute approximate surface area is 182 Å². The van der Waals surface area contributed by atoms with E-state index in [4.69, 9.17) is 9.47 Å². The Kier molecular flexibility index (Phi) is 7.37. The van der Waals surface area contributed by atoms with E-state index in [1.54, 1.807) is 7.11 Å². The van der Waals surface area contributed by atoms with Gasteiger partial charge in [0.2, 0.25) is 5.43 Å². The molecule has 0 aliphatic carbocycles. The predicted octanol–water partition coefficient (Wildman–Crippen LogP) is 2.02. The second-order valence-electron chi connectivity index (χ2n) is 7.48. The number of aromatic hydroxyl groups is 1. The molecule has 1 aliphatic rings. The van der Waals surface area contributed by atoms with Gasteiger partial charge in [-0.1, -0.05) is 6.07 Å². The number of fused-ring (bicyclic) bond motifs is 1. The molecule has 32 heavy (non-hydrogen) atoms. The first-order chi connectivity index (χ1) is 15.3. The fourth-order valence-electron chi connectivity index (χ4n) is 3.85. The zero-order valence-electron chi connectivity index (χ0n) is 17.7. The van der Waals surface area contributed by atoms with Gasteiger partial charge in [0.05, 0.1) is 12.0 Å². The third-order valence-electron chi connectivity index (χ3n) is 5.55. The van der Waals surface area contributed by atoms with E-state index in [1.807, 2.05) is 0 Å². The first-order valence-corrected chi connectivity index (χ1v) is 10.0. The zero-order valence-corrected chi connectivity index (χ0v) is 17.7. The van der Waals surface area contributed by atoms with Crippen LogP contribution in [0.5, 0.6) is 5.75 Å². The van der Waals surface area contributed by atoms with Crippen LogP contribution >= 0.6 is 0 Å². The van der Waals surface area contributed by atoms with Crippen LogP contribution in [0.2, 0.25) is 0 Å². The monoisotopic (exact) mass is 450 g/mol. The molecule has 3 rings (SSSR count). The molecule has 10 heteroatoms. The summed E-state index contributed by atoms with van der Waals surface area (Å²) in [6, 6.07) is 3.28. The van der Waals surface area contributed by atoms with Gasteiger partial charge < -0.3 is 24.5 Å². The molecule has 0 saturated carbocycles. The van der Waals surface area contributed by atoms with Crippen LogP contribution in [0.15, 0.2) is 29.2 Å². The first-order valence-electron chi connectivity index (χ1n) is 10.0. The quantitative estimate of drug-likeness (QED) is 0.596. The second kappa shape index (κ2) is 10.0. The summed E-state index contributed by atoms with van der Waals surface area (Å²) in [4.78, 5) is 38.2. The number of methoxy groups -OCH3 is 2. The van der Waals surface area contributed by atoms with E-state index >= 15 is 0 Å². The third-order valence-corrected chi connectivity index (χ3v) is 5.55. The van der Waals surface area contributed by atoms with Crippen molar-refractivity contribution in [2.24, 2.45) is 5.92 Å². The number of halogens is 2. The highest BCUT2D eigenvalue weighted by atomic mass is 19.1. The van der Waals surface area contributed by atoms with Crippen LogP contribution in [-0.4, -0.2) is 48.3 Å². The number of carbonyl (C=O) groups excluding carboxylic acids is 2. The van der Waals surface area contributed by atoms with Crippen molar-refractivity contribution in [3.63, 3.8) is 0 Å². The highest BCUT2D eigenvalue weighted by Crippen LogP contribution is 2.30. The number of amides is 1. The Morgan fingerprint density at radius 3 is 2.56 bits per heavy atom. The smallest absolute Gasteiger partial charge is 0.257 e. The van der Waals surface area contributed by atoms with Crippen molar-refractivity contribution in [3.8, 4) is 5.75 Å². The molecule has 0 spiro atoms. The normalized spacial score (nSPS) is 17.8. The topological polar surface area (TPSA) is 107 Å². The molecule has 1 amide bonds. The number of ether oxygens (including phenoxy) is 2. The molecule has 1 aromatic carbocycles. The summed E-state index contributed by atoms with van der Waals surface area (Å²) in [5.41, 5.74) is -2.05. The number of benzene rings is 1. The lowest BCUT2D eigenvalue weighted by Gasteiger charge is -2.32. The molecule has 0 saturated heterocycles. The van der Waals surface area contributed by atoms with Gasteiger partial charge in [-0.15, -0.1) is 0 Å². The Bertz CT molecular complexity index is 1060. The van der Waals surface area contributed by atoms with Gasteiger partial charge in [-0.25, -0.2) is 8.78 Å². The van der Waals surface area contributed by atoms with E-state index < -0.39 is 58.6 Å². The number of rotatable bonds is 8. The summed E-state index contributed by atoms with van der Waals surface area (Å²) in [5.74, 6) is -4.51. The molecule has 1 aliphatic heterocycles. The number of carbonyl (C=O) groups is 2. The molecule has 0 fully saturated rings. The highest BCUT2D eigenvalue weighted by Gasteiger charge is 2.38. The fourth-order valence-corrected chi connectivity index (χ4v) is 3.85. The minimum Gasteiger partial charge on any atom is -0.503 e. The molecule has 2 atom stereocenters. The summed E-state index contributed by atoms with van der Waals surface area (Å²) in [6.45, 7) is 0.0759. The SMILES string of the molecule is COCCC[C@@H]1C(=O)c2c(O)c(=O)c(C(=O)NCc3c(F)cccc3F)cn2C[C@@H]1OC. The Balaban J connectivity index is 1.88. The molecule has 2 aromatic rings. The number of aromatic nitrogens is 1. The maximum absolute atomic E-state index is 13.8. The summed E-state index contributed by atoms with van der Waals surface area (Å²) >= 11 is 0. The third kappa shape index (κ3) is 4.56. The maximum atomic E-state index is 13.8. The minimum absolute atomic E-state index is 0.130. The van der Waals surface area contributed by atoms with Crippen molar-refractivity contribution in [1.82, 2.24) is 9.88 Å². The van der Waals surface area contributed by atoms with Crippen molar-refractivity contribution in [2.45, 2.75) is 32.0 Å². The van der Waals surface area contributed by atoms with Crippen molar-refractivity contribution >= 4 is 11.7 Å². The van der Waals surface area contributed by atoms with Gasteiger partial charge in [-0.3, -0.25) is 14.4 Å². The summed E-state index contributed by atoms with van der Waals surface area (Å²) in [5, 5.41) is 12.7. The number of nitrogens with zero attached hydrogens (tertiary/aromatic N) is 1. The van der Waals surface area contributed by atoms with Crippen LogP contribution in [0, 0.1) is 17.6 Å². The number of pyridine rings is 1. The van der Waals surface area contributed by atoms with Crippen LogP contribution in [0.1, 0.15) is 39.3 Å². The van der Waals surface area contributed by atoms with Gasteiger partial charge in [0, 0.05) is 45.7 Å². The number of Topliss-reactive ketones (excluding diaryl/α,β-unsaturated/α-hetero) is 1. The highest BCUT2D eigenvalue weighted by molar-refractivity contribution is 6.01. The van der Waals surface area contributed by atoms with Crippen LogP contribution in [-0.2, 0) is 22.6 Å². The lowest BCUT2D eigenvalue weighted by atomic mass is 9.86. The average molecular weight is 450 g/mol. The average Bonchev–Trinajstić information content (AvgIpc) is 2.76. The Morgan fingerprint density at radius 1 is 1.25 bits per heavy atom. The zero-order chi connectivity index (χ0) is 23.4. The number of hydrogen-bond donors (Lipinski definition) is 2. The molecule has 2 N–H and O–H groups in total. The molecule has 172 valence electrons. The van der Waals surface area contributed by atoms with Gasteiger partial charge >= 0.3 is 0 Å². The van der Waals surface area contributed by atoms with E-state index in [2.05, 4.69) is 5.32 Å². The van der Waals surface area contributed by atoms with Gasteiger partial charge in [0.1, 0.15) is 22.9 Å². The molecule has 0 radical (unpaired) electrons. The molecule has 0 unspecified atom stereocenters. The molecule has 8 nitrogen and oxygen atoms in total. The second-order valence-corrected chi connectivity index (χ2v) is 7.48. The van der Waals surface area contributed by atoms with Crippen molar-refractivity contribution in [1.29, 1.82) is 0 Å². The van der Waals surface area contributed by atoms with E-state index in [-0.39, 0.29) is 17.8 Å². The molecule has 1 aromatic heterocycles. The van der Waals surface area contributed by atoms with Crippen LogP contribution in [0.3, 0.4) is 0 Å². The van der Waals surface area contributed by atoms with Gasteiger partial charge in [0.15, 0.2) is 11.5 Å². The predicted molar refractivity (Wildman–Crippen MR) is 110 cm³/mol. The van der Waals surface area contributed by atoms with Gasteiger partial charge in [0.25, 0.3) is 5.91 Å². The maximum Gasteiger partial charge on any atom is 0.257 e. The van der Waals surface area contributed by atoms with Crippen LogP contribution < -0.4 is 10.7 Å². The minimum atomic E-state index is -1.04. The van der Waals surface area contributed by atoms with Gasteiger partial charge in [-0.05, 0) is 25.0 Å². The van der Waals surface area contributed by atoms with E-state index in [0.717, 1.165) is 18.3 Å². The molecular weight excluding hydrogens is 426 g/mol. The lowest BCUT2D eigenvalue weighted by molar-refractivity contribution is 0.0204. The summed E-state index contributed by atoms with van der Waals surface area (Å²) in [6.07, 6.45) is 1.65. The summed E-state index contributed by atoms with van der Waals surface area (Å²) in [7, 11) is 3.00. The van der Waals surface area contributed by atoms with E-state index in [0.29, 0.717) is 19.4 Å². The Hall–Kier alpha value is -3.11. The Morgan fingerprint density at radius 2 is 1.94 bits per heavy atom. The standard InChI is InChI=1S/C22H24F2N2O6/c1-31-8-4-5-12-17(32-2)11-26-10-14(20(28)21(29)18(26)19(12)27)22(30)25-9-13-15(23)6-3-7-16(13)24/h3,6-7,10,12,17,29H,4-5,8-9,11H2,1-2H3,(H,25,30)/t12-,17-/m0/s1. The number of ketones is 1. The van der Waals surface area contributed by atoms with Crippen LogP contribution in [0.4, 0.5) is 8.78 Å². The fraction of sp³-hybridized carbons (Fsp3) is 0.409. The molecular formula is C22H24F2N2O6. The van der Waals surface area contributed by atoms with E-state index in [9.17, 15) is 28.3 Å². The largest absolute Gasteiger partial charge is 0.503 e. The molecule has 2 heterocycles. The van der Waals surface area contributed by atoms with Gasteiger partial charge in [-0.2, -0.15) is 0 Å². The van der Waals surface area contributed by atoms with Crippen molar-refractivity contribution in [3.05, 3.63) is 63.1 Å².